The standard InChI is InChI=1S/C21H28ClNO.C6H7NO/c1-6-8-9-18(7-2)20(16(5)23-21(24)15(3)4)14-17-10-12-19(22)13-11-17;1-8-6-4-2-3-5-7-6/h6-13,15-16,20H,1,14H2,2-5H3,(H,23,24);2-5H,1H3/b9-8-,18-7+;. The fourth-order valence-corrected chi connectivity index (χ4v) is 3.16. The molecule has 5 heteroatoms. The second kappa shape index (κ2) is 15.0. The Labute approximate surface area is 198 Å². The molecule has 0 saturated heterocycles. The molecule has 0 spiro atoms. The van der Waals surface area contributed by atoms with E-state index in [0.717, 1.165) is 11.4 Å². The van der Waals surface area contributed by atoms with Gasteiger partial charge in [-0.3, -0.25) is 4.79 Å². The summed E-state index contributed by atoms with van der Waals surface area (Å²) in [6.45, 7) is 11.6. The summed E-state index contributed by atoms with van der Waals surface area (Å²) < 4.78 is 4.80. The third kappa shape index (κ3) is 9.97. The number of methoxy groups -OCH3 is 1. The maximum absolute atomic E-state index is 12.1. The molecule has 0 bridgehead atoms. The van der Waals surface area contributed by atoms with Crippen molar-refractivity contribution in [1.82, 2.24) is 10.3 Å². The second-order valence-corrected chi connectivity index (χ2v) is 8.08. The number of ether oxygens (including phenoxy) is 1. The normalized spacial score (nSPS) is 13.2. The predicted octanol–water partition coefficient (Wildman–Crippen LogP) is 6.44. The van der Waals surface area contributed by atoms with Gasteiger partial charge in [-0.25, -0.2) is 4.98 Å². The first-order chi connectivity index (χ1) is 15.3. The molecule has 0 aliphatic heterocycles. The van der Waals surface area contributed by atoms with Crippen LogP contribution in [0.3, 0.4) is 0 Å². The van der Waals surface area contributed by atoms with Gasteiger partial charge in [-0.2, -0.15) is 0 Å². The third-order valence-electron chi connectivity index (χ3n) is 4.90. The number of aromatic nitrogens is 1. The number of hydrogen-bond donors (Lipinski definition) is 1. The van der Waals surface area contributed by atoms with Crippen LogP contribution in [0.25, 0.3) is 0 Å². The Hall–Kier alpha value is -2.85. The molecule has 0 saturated carbocycles. The molecule has 2 unspecified atom stereocenters. The Bertz CT molecular complexity index is 874. The molecule has 2 atom stereocenters. The average molecular weight is 455 g/mol. The number of carbonyl (C=O) groups is 1. The fourth-order valence-electron chi connectivity index (χ4n) is 3.03. The molecule has 2 aromatic rings. The van der Waals surface area contributed by atoms with Crippen molar-refractivity contribution in [1.29, 1.82) is 0 Å². The molecule has 1 heterocycles. The summed E-state index contributed by atoms with van der Waals surface area (Å²) in [6, 6.07) is 13.4. The van der Waals surface area contributed by atoms with E-state index in [1.807, 2.05) is 63.2 Å². The second-order valence-electron chi connectivity index (χ2n) is 7.64. The summed E-state index contributed by atoms with van der Waals surface area (Å²) in [5, 5.41) is 3.87. The number of hydrogen-bond acceptors (Lipinski definition) is 3. The molecule has 0 radical (unpaired) electrons. The van der Waals surface area contributed by atoms with E-state index in [9.17, 15) is 4.79 Å². The first kappa shape index (κ1) is 27.2. The van der Waals surface area contributed by atoms with Crippen LogP contribution in [0, 0.1) is 11.8 Å². The minimum Gasteiger partial charge on any atom is -0.481 e. The summed E-state index contributed by atoms with van der Waals surface area (Å²) in [7, 11) is 1.60. The van der Waals surface area contributed by atoms with Crippen LogP contribution < -0.4 is 10.1 Å². The lowest BCUT2D eigenvalue weighted by atomic mass is 9.85. The van der Waals surface area contributed by atoms with Crippen LogP contribution in [0.5, 0.6) is 5.88 Å². The zero-order valence-corrected chi connectivity index (χ0v) is 20.5. The van der Waals surface area contributed by atoms with Gasteiger partial charge >= 0.3 is 0 Å². The highest BCUT2D eigenvalue weighted by Gasteiger charge is 2.23. The maximum Gasteiger partial charge on any atom is 0.222 e. The Morgan fingerprint density at radius 2 is 1.88 bits per heavy atom. The number of nitrogens with zero attached hydrogens (tertiary/aromatic N) is 1. The number of nitrogens with one attached hydrogen (secondary N) is 1. The Balaban J connectivity index is 0.000000533. The molecule has 32 heavy (non-hydrogen) atoms. The van der Waals surface area contributed by atoms with Crippen molar-refractivity contribution in [2.24, 2.45) is 11.8 Å². The van der Waals surface area contributed by atoms with Crippen molar-refractivity contribution < 1.29 is 9.53 Å². The van der Waals surface area contributed by atoms with E-state index in [1.54, 1.807) is 25.4 Å². The van der Waals surface area contributed by atoms with E-state index in [-0.39, 0.29) is 23.8 Å². The molecule has 1 amide bonds. The van der Waals surface area contributed by atoms with Crippen LogP contribution in [0.15, 0.2) is 85.1 Å². The predicted molar refractivity (Wildman–Crippen MR) is 135 cm³/mol. The first-order valence-electron chi connectivity index (χ1n) is 10.8. The van der Waals surface area contributed by atoms with Gasteiger partial charge in [-0.1, -0.05) is 74.5 Å². The SMILES string of the molecule is C=C/C=C\C(=C/C)C(Cc1ccc(Cl)cc1)C(C)NC(=O)C(C)C.COc1ccccn1. The van der Waals surface area contributed by atoms with Gasteiger partial charge in [0, 0.05) is 35.2 Å². The number of pyridine rings is 1. The minimum atomic E-state index is -0.0265. The van der Waals surface area contributed by atoms with E-state index in [1.165, 1.54) is 11.1 Å². The number of halogens is 1. The quantitative estimate of drug-likeness (QED) is 0.443. The van der Waals surface area contributed by atoms with Crippen molar-refractivity contribution in [3.8, 4) is 5.88 Å². The summed E-state index contributed by atoms with van der Waals surface area (Å²) in [5.74, 6) is 0.885. The molecule has 1 aromatic heterocycles. The lowest BCUT2D eigenvalue weighted by Crippen LogP contribution is -2.41. The summed E-state index contributed by atoms with van der Waals surface area (Å²) in [6.07, 6.45) is 10.4. The van der Waals surface area contributed by atoms with Crippen LogP contribution in [0.4, 0.5) is 0 Å². The summed E-state index contributed by atoms with van der Waals surface area (Å²) in [4.78, 5) is 16.0. The molecule has 0 aliphatic rings. The molecule has 4 nitrogen and oxygen atoms in total. The fraction of sp³-hybridized carbons (Fsp3) is 0.333. The molecule has 1 aromatic carbocycles. The van der Waals surface area contributed by atoms with E-state index in [2.05, 4.69) is 36.0 Å². The van der Waals surface area contributed by atoms with E-state index < -0.39 is 0 Å². The highest BCUT2D eigenvalue weighted by atomic mass is 35.5. The van der Waals surface area contributed by atoms with E-state index >= 15 is 0 Å². The zero-order valence-electron chi connectivity index (χ0n) is 19.7. The monoisotopic (exact) mass is 454 g/mol. The van der Waals surface area contributed by atoms with E-state index in [4.69, 9.17) is 16.3 Å². The molecule has 172 valence electrons. The van der Waals surface area contributed by atoms with Crippen molar-refractivity contribution in [3.05, 3.63) is 95.7 Å². The van der Waals surface area contributed by atoms with Crippen LogP contribution in [-0.4, -0.2) is 24.0 Å². The zero-order chi connectivity index (χ0) is 23.9. The maximum atomic E-state index is 12.1. The van der Waals surface area contributed by atoms with Gasteiger partial charge < -0.3 is 10.1 Å². The van der Waals surface area contributed by atoms with Gasteiger partial charge in [0.25, 0.3) is 0 Å². The number of allylic oxidation sites excluding steroid dienone is 4. The van der Waals surface area contributed by atoms with Gasteiger partial charge in [0.15, 0.2) is 0 Å². The lowest BCUT2D eigenvalue weighted by Gasteiger charge is -2.27. The Morgan fingerprint density at radius 3 is 2.34 bits per heavy atom. The molecule has 1 N–H and O–H groups in total. The van der Waals surface area contributed by atoms with Crippen LogP contribution in [0.1, 0.15) is 33.3 Å². The Morgan fingerprint density at radius 1 is 1.19 bits per heavy atom. The third-order valence-corrected chi connectivity index (χ3v) is 5.15. The summed E-state index contributed by atoms with van der Waals surface area (Å²) in [5.41, 5.74) is 2.38. The minimum absolute atomic E-state index is 0.0243. The number of rotatable bonds is 9. The molecule has 0 aliphatic carbocycles. The van der Waals surface area contributed by atoms with Crippen LogP contribution >= 0.6 is 11.6 Å². The van der Waals surface area contributed by atoms with Crippen LogP contribution in [0.2, 0.25) is 5.02 Å². The average Bonchev–Trinajstić information content (AvgIpc) is 2.80. The molecule has 2 rings (SSSR count). The number of benzene rings is 1. The van der Waals surface area contributed by atoms with Crippen molar-refractivity contribution >= 4 is 17.5 Å². The van der Waals surface area contributed by atoms with E-state index in [0.29, 0.717) is 5.88 Å². The van der Waals surface area contributed by atoms with Gasteiger partial charge in [-0.15, -0.1) is 0 Å². The van der Waals surface area contributed by atoms with Crippen molar-refractivity contribution in [3.63, 3.8) is 0 Å². The smallest absolute Gasteiger partial charge is 0.222 e. The van der Waals surface area contributed by atoms with Gasteiger partial charge in [0.2, 0.25) is 11.8 Å². The summed E-state index contributed by atoms with van der Waals surface area (Å²) >= 11 is 5.98. The largest absolute Gasteiger partial charge is 0.481 e. The lowest BCUT2D eigenvalue weighted by molar-refractivity contribution is -0.124. The van der Waals surface area contributed by atoms with Gasteiger partial charge in [-0.05, 0) is 49.6 Å². The first-order valence-corrected chi connectivity index (χ1v) is 11.1. The van der Waals surface area contributed by atoms with Crippen molar-refractivity contribution in [2.45, 2.75) is 40.2 Å². The highest BCUT2D eigenvalue weighted by molar-refractivity contribution is 6.30. The number of carbonyl (C=O) groups excluding carboxylic acids is 1. The van der Waals surface area contributed by atoms with Crippen LogP contribution in [-0.2, 0) is 11.2 Å². The number of amides is 1. The molecular formula is C27H35ClN2O2. The topological polar surface area (TPSA) is 51.2 Å². The van der Waals surface area contributed by atoms with Gasteiger partial charge in [0.1, 0.15) is 0 Å². The van der Waals surface area contributed by atoms with Gasteiger partial charge in [0.05, 0.1) is 7.11 Å². The molecular weight excluding hydrogens is 420 g/mol. The highest BCUT2D eigenvalue weighted by Crippen LogP contribution is 2.24. The molecule has 0 fully saturated rings. The Kier molecular flexibility index (Phi) is 12.8. The van der Waals surface area contributed by atoms with Crippen molar-refractivity contribution in [2.75, 3.05) is 7.11 Å².